The van der Waals surface area contributed by atoms with Gasteiger partial charge in [0.05, 0.1) is 0 Å². The number of unbranched alkanes of at least 4 members (excludes halogenated alkanes) is 54. The predicted octanol–water partition coefficient (Wildman–Crippen LogP) is 23.5. The van der Waals surface area contributed by atoms with Gasteiger partial charge in [0.2, 0.25) is 0 Å². The van der Waals surface area contributed by atoms with Gasteiger partial charge in [0.1, 0.15) is 13.2 Å². The van der Waals surface area contributed by atoms with Gasteiger partial charge in [0.15, 0.2) is 6.10 Å². The molecule has 0 saturated heterocycles. The fourth-order valence-corrected chi connectivity index (χ4v) is 10.9. The Bertz CT molecular complexity index is 1120. The molecule has 0 bridgehead atoms. The van der Waals surface area contributed by atoms with Crippen LogP contribution in [0.4, 0.5) is 0 Å². The lowest BCUT2D eigenvalue weighted by Gasteiger charge is -2.18. The second-order valence-corrected chi connectivity index (χ2v) is 23.8. The van der Waals surface area contributed by atoms with Crippen molar-refractivity contribution in [2.75, 3.05) is 13.2 Å². The second kappa shape index (κ2) is 64.9. The average molecular weight is 1060 g/mol. The van der Waals surface area contributed by atoms with Gasteiger partial charge in [-0.1, -0.05) is 367 Å². The molecule has 0 aliphatic rings. The van der Waals surface area contributed by atoms with E-state index < -0.39 is 6.10 Å². The van der Waals surface area contributed by atoms with E-state index in [1.54, 1.807) is 0 Å². The van der Waals surface area contributed by atoms with Gasteiger partial charge in [-0.25, -0.2) is 0 Å². The number of ether oxygens (including phenoxy) is 3. The van der Waals surface area contributed by atoms with Crippen molar-refractivity contribution in [2.45, 2.75) is 412 Å². The molecular weight excluding hydrogens is 925 g/mol. The van der Waals surface area contributed by atoms with Crippen LogP contribution in [0.15, 0.2) is 0 Å². The molecule has 0 aromatic rings. The van der Waals surface area contributed by atoms with Crippen LogP contribution in [0.3, 0.4) is 0 Å². The summed E-state index contributed by atoms with van der Waals surface area (Å²) in [6.07, 6.45) is 75.5. The summed E-state index contributed by atoms with van der Waals surface area (Å²) in [4.78, 5) is 38.4. The van der Waals surface area contributed by atoms with Crippen molar-refractivity contribution < 1.29 is 28.6 Å². The Kier molecular flexibility index (Phi) is 63.6. The summed E-state index contributed by atoms with van der Waals surface area (Å²) in [5.41, 5.74) is 0. The van der Waals surface area contributed by atoms with Gasteiger partial charge in [-0.05, 0) is 19.3 Å². The molecule has 1 atom stereocenters. The molecule has 0 aliphatic carbocycles. The first-order chi connectivity index (χ1) is 37.0. The summed E-state index contributed by atoms with van der Waals surface area (Å²) in [5.74, 6) is -0.820. The highest BCUT2D eigenvalue weighted by Crippen LogP contribution is 2.19. The van der Waals surface area contributed by atoms with Crippen molar-refractivity contribution in [1.29, 1.82) is 0 Å². The molecular formula is C69H134O6. The number of hydrogen-bond donors (Lipinski definition) is 0. The molecule has 0 rings (SSSR count). The van der Waals surface area contributed by atoms with Crippen LogP contribution in [0.5, 0.6) is 0 Å². The molecule has 0 spiro atoms. The van der Waals surface area contributed by atoms with Crippen molar-refractivity contribution in [3.8, 4) is 0 Å². The molecule has 0 aromatic heterocycles. The van der Waals surface area contributed by atoms with E-state index >= 15 is 0 Å². The molecule has 0 fully saturated rings. The largest absolute Gasteiger partial charge is 0.462 e. The van der Waals surface area contributed by atoms with E-state index in [2.05, 4.69) is 20.8 Å². The monoisotopic (exact) mass is 1060 g/mol. The summed E-state index contributed by atoms with van der Waals surface area (Å²) in [7, 11) is 0. The minimum Gasteiger partial charge on any atom is -0.462 e. The normalized spacial score (nSPS) is 11.9. The van der Waals surface area contributed by atoms with E-state index in [-0.39, 0.29) is 31.1 Å². The summed E-state index contributed by atoms with van der Waals surface area (Å²) >= 11 is 0. The van der Waals surface area contributed by atoms with Gasteiger partial charge in [-0.15, -0.1) is 0 Å². The van der Waals surface area contributed by atoms with Crippen LogP contribution in [-0.2, 0) is 28.6 Å². The maximum absolute atomic E-state index is 12.9. The van der Waals surface area contributed by atoms with Crippen molar-refractivity contribution in [1.82, 2.24) is 0 Å². The molecule has 0 aromatic carbocycles. The van der Waals surface area contributed by atoms with Gasteiger partial charge in [0, 0.05) is 19.3 Å². The first kappa shape index (κ1) is 73.4. The Morgan fingerprint density at radius 2 is 0.360 bits per heavy atom. The van der Waals surface area contributed by atoms with E-state index in [0.29, 0.717) is 19.3 Å². The SMILES string of the molecule is CCCCCCCCCCCCCCCCCCCCCCCCCC(=O)OCC(COC(=O)CCCCCCCCCCCCCCCCC)OC(=O)CCCCCCCCCCCCCCCCCCCCC. The third-order valence-electron chi connectivity index (χ3n) is 16.1. The minimum atomic E-state index is -0.763. The Morgan fingerprint density at radius 3 is 0.533 bits per heavy atom. The molecule has 446 valence electrons. The van der Waals surface area contributed by atoms with Crippen molar-refractivity contribution >= 4 is 17.9 Å². The summed E-state index contributed by atoms with van der Waals surface area (Å²) in [5, 5.41) is 0. The third kappa shape index (κ3) is 63.1. The zero-order valence-electron chi connectivity index (χ0n) is 51.4. The van der Waals surface area contributed by atoms with E-state index in [9.17, 15) is 14.4 Å². The molecule has 0 saturated carbocycles. The summed E-state index contributed by atoms with van der Waals surface area (Å²) in [6, 6.07) is 0. The molecule has 6 nitrogen and oxygen atoms in total. The van der Waals surface area contributed by atoms with Crippen LogP contribution >= 0.6 is 0 Å². The van der Waals surface area contributed by atoms with Crippen LogP contribution in [0.1, 0.15) is 406 Å². The van der Waals surface area contributed by atoms with E-state index in [4.69, 9.17) is 14.2 Å². The Balaban J connectivity index is 4.23. The lowest BCUT2D eigenvalue weighted by atomic mass is 10.0. The van der Waals surface area contributed by atoms with Crippen molar-refractivity contribution in [2.24, 2.45) is 0 Å². The highest BCUT2D eigenvalue weighted by molar-refractivity contribution is 5.71. The predicted molar refractivity (Wildman–Crippen MR) is 326 cm³/mol. The number of carbonyl (C=O) groups excluding carboxylic acids is 3. The fraction of sp³-hybridized carbons (Fsp3) is 0.957. The second-order valence-electron chi connectivity index (χ2n) is 23.8. The first-order valence-corrected chi connectivity index (χ1v) is 34.5. The highest BCUT2D eigenvalue weighted by atomic mass is 16.6. The standard InChI is InChI=1S/C69H134O6/c1-4-7-10-13-16-19-22-25-28-30-32-33-34-35-37-38-41-44-47-50-53-56-59-62-68(71)74-65-66(64-73-67(70)61-58-55-52-49-46-43-40-27-24-21-18-15-12-9-6-3)75-69(72)63-60-57-54-51-48-45-42-39-36-31-29-26-23-20-17-14-11-8-5-2/h66H,4-65H2,1-3H3. The van der Waals surface area contributed by atoms with E-state index in [1.807, 2.05) is 0 Å². The van der Waals surface area contributed by atoms with E-state index in [1.165, 1.54) is 308 Å². The summed E-state index contributed by atoms with van der Waals surface area (Å²) in [6.45, 7) is 6.74. The van der Waals surface area contributed by atoms with Crippen LogP contribution in [0.2, 0.25) is 0 Å². The number of rotatable bonds is 65. The quantitative estimate of drug-likeness (QED) is 0.0343. The average Bonchev–Trinajstić information content (AvgIpc) is 3.41. The Hall–Kier alpha value is -1.59. The van der Waals surface area contributed by atoms with Crippen LogP contribution in [-0.4, -0.2) is 37.2 Å². The first-order valence-electron chi connectivity index (χ1n) is 34.5. The van der Waals surface area contributed by atoms with Gasteiger partial charge in [-0.3, -0.25) is 14.4 Å². The molecule has 0 heterocycles. The number of hydrogen-bond acceptors (Lipinski definition) is 6. The zero-order valence-corrected chi connectivity index (χ0v) is 51.4. The molecule has 0 amide bonds. The lowest BCUT2D eigenvalue weighted by molar-refractivity contribution is -0.167. The van der Waals surface area contributed by atoms with Crippen LogP contribution in [0.25, 0.3) is 0 Å². The van der Waals surface area contributed by atoms with Crippen LogP contribution < -0.4 is 0 Å². The maximum atomic E-state index is 12.9. The number of carbonyl (C=O) groups is 3. The Morgan fingerprint density at radius 1 is 0.213 bits per heavy atom. The molecule has 1 unspecified atom stereocenters. The zero-order chi connectivity index (χ0) is 54.3. The molecule has 0 N–H and O–H groups in total. The lowest BCUT2D eigenvalue weighted by Crippen LogP contribution is -2.30. The smallest absolute Gasteiger partial charge is 0.306 e. The number of esters is 3. The third-order valence-corrected chi connectivity index (χ3v) is 16.1. The van der Waals surface area contributed by atoms with E-state index in [0.717, 1.165) is 57.8 Å². The topological polar surface area (TPSA) is 78.9 Å². The highest BCUT2D eigenvalue weighted by Gasteiger charge is 2.19. The maximum Gasteiger partial charge on any atom is 0.306 e. The molecule has 0 radical (unpaired) electrons. The molecule has 75 heavy (non-hydrogen) atoms. The minimum absolute atomic E-state index is 0.0602. The summed E-state index contributed by atoms with van der Waals surface area (Å²) < 4.78 is 17.0. The van der Waals surface area contributed by atoms with Crippen LogP contribution in [0, 0.1) is 0 Å². The fourth-order valence-electron chi connectivity index (χ4n) is 10.9. The van der Waals surface area contributed by atoms with Gasteiger partial charge in [-0.2, -0.15) is 0 Å². The van der Waals surface area contributed by atoms with Gasteiger partial charge < -0.3 is 14.2 Å². The van der Waals surface area contributed by atoms with Gasteiger partial charge >= 0.3 is 17.9 Å². The Labute approximate surface area is 469 Å². The molecule has 0 aliphatic heterocycles. The van der Waals surface area contributed by atoms with Gasteiger partial charge in [0.25, 0.3) is 0 Å². The molecule has 6 heteroatoms. The van der Waals surface area contributed by atoms with Crippen molar-refractivity contribution in [3.63, 3.8) is 0 Å². The van der Waals surface area contributed by atoms with Crippen molar-refractivity contribution in [3.05, 3.63) is 0 Å².